The summed E-state index contributed by atoms with van der Waals surface area (Å²) in [7, 11) is 3.98. The van der Waals surface area contributed by atoms with E-state index in [0.717, 1.165) is 33.0 Å². The largest absolute Gasteiger partial charge is 0.378 e. The van der Waals surface area contributed by atoms with Crippen LogP contribution < -0.4 is 20.9 Å². The second-order valence-electron chi connectivity index (χ2n) is 7.35. The molecule has 0 unspecified atom stereocenters. The zero-order valence-corrected chi connectivity index (χ0v) is 17.7. The third-order valence-electron chi connectivity index (χ3n) is 5.12. The van der Waals surface area contributed by atoms with Gasteiger partial charge >= 0.3 is 6.03 Å². The van der Waals surface area contributed by atoms with Crippen LogP contribution in [0.25, 0.3) is 10.2 Å². The van der Waals surface area contributed by atoms with Crippen molar-refractivity contribution in [3.05, 3.63) is 35.2 Å². The van der Waals surface area contributed by atoms with E-state index in [9.17, 15) is 4.79 Å². The smallest absolute Gasteiger partial charge is 0.321 e. The number of nitrogens with two attached hydrogens (primary N) is 1. The molecule has 2 amide bonds. The molecule has 0 bridgehead atoms. The number of aryl methyl sites for hydroxylation is 1. The van der Waals surface area contributed by atoms with Gasteiger partial charge in [-0.3, -0.25) is 0 Å². The number of nitrogens with zero attached hydrogens (tertiary/aromatic N) is 5. The van der Waals surface area contributed by atoms with Crippen molar-refractivity contribution in [2.24, 2.45) is 0 Å². The number of carbonyl (C=O) groups excluding carboxylic acids is 1. The fraction of sp³-hybridized carbons (Fsp3) is 0.350. The highest BCUT2D eigenvalue weighted by Gasteiger charge is 2.24. The van der Waals surface area contributed by atoms with Crippen LogP contribution in [0.1, 0.15) is 5.56 Å². The van der Waals surface area contributed by atoms with Gasteiger partial charge in [0, 0.05) is 51.6 Å². The maximum Gasteiger partial charge on any atom is 0.321 e. The SMILES string of the molecule is Cc1csc2nc(N)nc(N3CCN(C(=O)Nc4ccc(N(C)C)cc4)CC3)c12. The Morgan fingerprint density at radius 2 is 1.83 bits per heavy atom. The Morgan fingerprint density at radius 1 is 1.14 bits per heavy atom. The van der Waals surface area contributed by atoms with Crippen molar-refractivity contribution in [1.82, 2.24) is 14.9 Å². The van der Waals surface area contributed by atoms with Crippen molar-refractivity contribution in [3.63, 3.8) is 0 Å². The van der Waals surface area contributed by atoms with Crippen molar-refractivity contribution in [2.75, 3.05) is 61.1 Å². The second-order valence-corrected chi connectivity index (χ2v) is 8.21. The highest BCUT2D eigenvalue weighted by molar-refractivity contribution is 7.17. The van der Waals surface area contributed by atoms with Gasteiger partial charge in [0.1, 0.15) is 10.6 Å². The summed E-state index contributed by atoms with van der Waals surface area (Å²) < 4.78 is 0. The monoisotopic (exact) mass is 411 g/mol. The van der Waals surface area contributed by atoms with Gasteiger partial charge in [-0.15, -0.1) is 11.3 Å². The standard InChI is InChI=1S/C20H25N7OS/c1-13-12-29-18-16(13)17(23-19(21)24-18)26-8-10-27(11-9-26)20(28)22-14-4-6-15(7-5-14)25(2)3/h4-7,12H,8-11H2,1-3H3,(H,22,28)(H2,21,23,24). The van der Waals surface area contributed by atoms with E-state index in [1.54, 1.807) is 11.3 Å². The van der Waals surface area contributed by atoms with Gasteiger partial charge in [0.2, 0.25) is 5.95 Å². The number of anilines is 4. The van der Waals surface area contributed by atoms with E-state index in [2.05, 4.69) is 32.5 Å². The predicted octanol–water partition coefficient (Wildman–Crippen LogP) is 3.00. The number of amides is 2. The molecule has 0 atom stereocenters. The Balaban J connectivity index is 1.42. The van der Waals surface area contributed by atoms with Crippen LogP contribution in [0.4, 0.5) is 27.9 Å². The van der Waals surface area contributed by atoms with Gasteiger partial charge < -0.3 is 25.8 Å². The van der Waals surface area contributed by atoms with Gasteiger partial charge in [-0.2, -0.15) is 4.98 Å². The first-order valence-corrected chi connectivity index (χ1v) is 10.4. The predicted molar refractivity (Wildman–Crippen MR) is 120 cm³/mol. The number of urea groups is 1. The minimum Gasteiger partial charge on any atom is -0.378 e. The molecule has 1 aliphatic heterocycles. The lowest BCUT2D eigenvalue weighted by atomic mass is 10.2. The zero-order chi connectivity index (χ0) is 20.5. The van der Waals surface area contributed by atoms with Crippen LogP contribution in [0.5, 0.6) is 0 Å². The Labute approximate surface area is 173 Å². The normalized spacial score (nSPS) is 14.3. The summed E-state index contributed by atoms with van der Waals surface area (Å²) in [4.78, 5) is 28.4. The Morgan fingerprint density at radius 3 is 2.48 bits per heavy atom. The number of fused-ring (bicyclic) bond motifs is 1. The number of nitrogen functional groups attached to an aromatic ring is 1. The van der Waals surface area contributed by atoms with E-state index in [4.69, 9.17) is 5.73 Å². The fourth-order valence-corrected chi connectivity index (χ4v) is 4.40. The summed E-state index contributed by atoms with van der Waals surface area (Å²) in [6, 6.07) is 7.73. The first kappa shape index (κ1) is 19.3. The third kappa shape index (κ3) is 3.91. The van der Waals surface area contributed by atoms with Crippen LogP contribution in [0, 0.1) is 6.92 Å². The summed E-state index contributed by atoms with van der Waals surface area (Å²) >= 11 is 1.58. The molecule has 0 radical (unpaired) electrons. The lowest BCUT2D eigenvalue weighted by Crippen LogP contribution is -2.50. The number of piperazine rings is 1. The molecule has 0 spiro atoms. The molecule has 0 saturated carbocycles. The molecule has 1 fully saturated rings. The van der Waals surface area contributed by atoms with Crippen LogP contribution in [0.15, 0.2) is 29.6 Å². The first-order chi connectivity index (χ1) is 13.9. The summed E-state index contributed by atoms with van der Waals surface area (Å²) in [5.41, 5.74) is 8.95. The van der Waals surface area contributed by atoms with Gasteiger partial charge in [-0.25, -0.2) is 9.78 Å². The maximum absolute atomic E-state index is 12.7. The van der Waals surface area contributed by atoms with Crippen molar-refractivity contribution in [3.8, 4) is 0 Å². The van der Waals surface area contributed by atoms with E-state index in [-0.39, 0.29) is 12.0 Å². The minimum absolute atomic E-state index is 0.0821. The molecule has 152 valence electrons. The van der Waals surface area contributed by atoms with Crippen LogP contribution in [0.2, 0.25) is 0 Å². The second kappa shape index (κ2) is 7.75. The number of hydrogen-bond donors (Lipinski definition) is 2. The molecule has 8 nitrogen and oxygen atoms in total. The summed E-state index contributed by atoms with van der Waals surface area (Å²) in [5.74, 6) is 1.15. The molecule has 4 rings (SSSR count). The summed E-state index contributed by atoms with van der Waals surface area (Å²) in [6.45, 7) is 4.71. The van der Waals surface area contributed by atoms with Gasteiger partial charge in [-0.1, -0.05) is 0 Å². The van der Waals surface area contributed by atoms with E-state index < -0.39 is 0 Å². The molecule has 3 N–H and O–H groups in total. The average molecular weight is 412 g/mol. The molecular weight excluding hydrogens is 386 g/mol. The molecule has 29 heavy (non-hydrogen) atoms. The Bertz CT molecular complexity index is 1020. The van der Waals surface area contributed by atoms with Crippen LogP contribution in [0.3, 0.4) is 0 Å². The molecule has 1 aromatic carbocycles. The van der Waals surface area contributed by atoms with Gasteiger partial charge in [0.05, 0.1) is 5.39 Å². The van der Waals surface area contributed by atoms with Crippen molar-refractivity contribution in [1.29, 1.82) is 0 Å². The van der Waals surface area contributed by atoms with Crippen LogP contribution in [-0.4, -0.2) is 61.2 Å². The lowest BCUT2D eigenvalue weighted by Gasteiger charge is -2.35. The van der Waals surface area contributed by atoms with E-state index >= 15 is 0 Å². The molecule has 1 saturated heterocycles. The highest BCUT2D eigenvalue weighted by atomic mass is 32.1. The topological polar surface area (TPSA) is 90.6 Å². The zero-order valence-electron chi connectivity index (χ0n) is 16.8. The number of thiophene rings is 1. The van der Waals surface area contributed by atoms with E-state index in [1.165, 1.54) is 0 Å². The van der Waals surface area contributed by atoms with Crippen LogP contribution in [-0.2, 0) is 0 Å². The molecule has 2 aromatic heterocycles. The molecule has 3 heterocycles. The maximum atomic E-state index is 12.7. The number of carbonyl (C=O) groups is 1. The number of rotatable bonds is 3. The van der Waals surface area contributed by atoms with Crippen molar-refractivity contribution < 1.29 is 4.79 Å². The van der Waals surface area contributed by atoms with Crippen molar-refractivity contribution in [2.45, 2.75) is 6.92 Å². The summed E-state index contributed by atoms with van der Waals surface area (Å²) in [6.07, 6.45) is 0. The third-order valence-corrected chi connectivity index (χ3v) is 6.11. The average Bonchev–Trinajstić information content (AvgIpc) is 3.08. The summed E-state index contributed by atoms with van der Waals surface area (Å²) in [5, 5.41) is 6.12. The number of hydrogen-bond acceptors (Lipinski definition) is 7. The number of aromatic nitrogens is 2. The quantitative estimate of drug-likeness (QED) is 0.689. The van der Waals surface area contributed by atoms with Crippen LogP contribution >= 0.6 is 11.3 Å². The number of benzene rings is 1. The minimum atomic E-state index is -0.0821. The number of nitrogens with one attached hydrogen (secondary N) is 1. The lowest BCUT2D eigenvalue weighted by molar-refractivity contribution is 0.208. The fourth-order valence-electron chi connectivity index (χ4n) is 3.47. The Kier molecular flexibility index (Phi) is 5.14. The van der Waals surface area contributed by atoms with Gasteiger partial charge in [-0.05, 0) is 42.1 Å². The molecular formula is C20H25N7OS. The van der Waals surface area contributed by atoms with Gasteiger partial charge in [0.15, 0.2) is 0 Å². The highest BCUT2D eigenvalue weighted by Crippen LogP contribution is 2.32. The molecule has 1 aliphatic rings. The first-order valence-electron chi connectivity index (χ1n) is 9.52. The Hall–Kier alpha value is -3.07. The molecule has 3 aromatic rings. The van der Waals surface area contributed by atoms with Crippen molar-refractivity contribution >= 4 is 50.7 Å². The van der Waals surface area contributed by atoms with E-state index in [1.807, 2.05) is 48.2 Å². The van der Waals surface area contributed by atoms with E-state index in [0.29, 0.717) is 26.2 Å². The molecule has 0 aliphatic carbocycles. The van der Waals surface area contributed by atoms with Gasteiger partial charge in [0.25, 0.3) is 0 Å². The molecule has 9 heteroatoms.